The van der Waals surface area contributed by atoms with Gasteiger partial charge in [-0.05, 0) is 49.6 Å². The maximum Gasteiger partial charge on any atom is 0.253 e. The molecule has 1 aromatic heterocycles. The zero-order valence-electron chi connectivity index (χ0n) is 14.8. The summed E-state index contributed by atoms with van der Waals surface area (Å²) in [7, 11) is 0. The van der Waals surface area contributed by atoms with Crippen molar-refractivity contribution in [2.24, 2.45) is 5.41 Å². The van der Waals surface area contributed by atoms with E-state index in [9.17, 15) is 4.79 Å². The summed E-state index contributed by atoms with van der Waals surface area (Å²) in [6, 6.07) is 15.1. The Hall–Kier alpha value is -2.87. The minimum atomic E-state index is 0.0361. The number of rotatable bonds is 2. The summed E-state index contributed by atoms with van der Waals surface area (Å²) in [4.78, 5) is 21.7. The zero-order valence-corrected chi connectivity index (χ0v) is 14.8. The third-order valence-corrected chi connectivity index (χ3v) is 5.60. The normalized spacial score (nSPS) is 22.4. The van der Waals surface area contributed by atoms with Gasteiger partial charge in [-0.15, -0.1) is 0 Å². The molecule has 0 bridgehead atoms. The Kier molecular flexibility index (Phi) is 4.34. The van der Waals surface area contributed by atoms with Crippen LogP contribution < -0.4 is 4.90 Å². The van der Waals surface area contributed by atoms with Crippen LogP contribution in [0.4, 0.5) is 5.82 Å². The summed E-state index contributed by atoms with van der Waals surface area (Å²) in [5, 5.41) is 9.06. The molecule has 4 rings (SSSR count). The second-order valence-corrected chi connectivity index (χ2v) is 7.38. The van der Waals surface area contributed by atoms with Gasteiger partial charge in [0.05, 0.1) is 11.6 Å². The average molecular weight is 346 g/mol. The van der Waals surface area contributed by atoms with Gasteiger partial charge >= 0.3 is 0 Å². The molecule has 1 unspecified atom stereocenters. The van der Waals surface area contributed by atoms with E-state index in [2.05, 4.69) is 22.0 Å². The highest BCUT2D eigenvalue weighted by Crippen LogP contribution is 2.40. The van der Waals surface area contributed by atoms with Crippen molar-refractivity contribution in [2.75, 3.05) is 31.1 Å². The Morgan fingerprint density at radius 3 is 2.85 bits per heavy atom. The summed E-state index contributed by atoms with van der Waals surface area (Å²) in [6.07, 6.45) is 5.14. The van der Waals surface area contributed by atoms with Crippen LogP contribution in [0.3, 0.4) is 0 Å². The Balaban J connectivity index is 1.48. The molecular formula is C21H22N4O. The first-order chi connectivity index (χ1) is 12.7. The van der Waals surface area contributed by atoms with E-state index in [4.69, 9.17) is 5.26 Å². The molecule has 2 aliphatic heterocycles. The highest BCUT2D eigenvalue weighted by Gasteiger charge is 2.43. The zero-order chi connectivity index (χ0) is 18.0. The Morgan fingerprint density at radius 1 is 1.12 bits per heavy atom. The number of anilines is 1. The number of likely N-dealkylation sites (tertiary alicyclic amines) is 1. The van der Waals surface area contributed by atoms with Crippen LogP contribution in [0.15, 0.2) is 48.7 Å². The molecule has 0 aliphatic carbocycles. The van der Waals surface area contributed by atoms with Gasteiger partial charge in [0.2, 0.25) is 0 Å². The van der Waals surface area contributed by atoms with Crippen LogP contribution in [-0.2, 0) is 0 Å². The summed E-state index contributed by atoms with van der Waals surface area (Å²) >= 11 is 0. The number of carbonyl (C=O) groups excluding carboxylic acids is 1. The molecule has 26 heavy (non-hydrogen) atoms. The first-order valence-electron chi connectivity index (χ1n) is 9.15. The molecule has 3 heterocycles. The topological polar surface area (TPSA) is 60.2 Å². The van der Waals surface area contributed by atoms with Crippen molar-refractivity contribution < 1.29 is 4.79 Å². The van der Waals surface area contributed by atoms with Crippen molar-refractivity contribution >= 4 is 11.7 Å². The highest BCUT2D eigenvalue weighted by molar-refractivity contribution is 5.94. The smallest absolute Gasteiger partial charge is 0.253 e. The first kappa shape index (κ1) is 16.6. The number of benzene rings is 1. The summed E-state index contributed by atoms with van der Waals surface area (Å²) in [5.74, 6) is 1.06. The lowest BCUT2D eigenvalue weighted by Crippen LogP contribution is -2.45. The van der Waals surface area contributed by atoms with E-state index in [-0.39, 0.29) is 11.3 Å². The van der Waals surface area contributed by atoms with E-state index in [1.165, 1.54) is 0 Å². The quantitative estimate of drug-likeness (QED) is 0.838. The van der Waals surface area contributed by atoms with Gasteiger partial charge in [-0.3, -0.25) is 4.79 Å². The molecular weight excluding hydrogens is 324 g/mol. The van der Waals surface area contributed by atoms with Crippen molar-refractivity contribution in [2.45, 2.75) is 19.3 Å². The molecule has 1 spiro atoms. The number of carbonyl (C=O) groups is 1. The van der Waals surface area contributed by atoms with E-state index in [1.807, 2.05) is 23.2 Å². The molecule has 0 radical (unpaired) electrons. The fourth-order valence-corrected chi connectivity index (χ4v) is 4.29. The number of aromatic nitrogens is 1. The van der Waals surface area contributed by atoms with Crippen molar-refractivity contribution in [1.82, 2.24) is 9.88 Å². The number of hydrogen-bond acceptors (Lipinski definition) is 4. The molecule has 5 heteroatoms. The number of nitrogens with zero attached hydrogens (tertiary/aromatic N) is 4. The van der Waals surface area contributed by atoms with Gasteiger partial charge in [0.25, 0.3) is 5.91 Å². The molecule has 2 saturated heterocycles. The Bertz CT molecular complexity index is 845. The molecule has 5 nitrogen and oxygen atoms in total. The molecule has 2 aromatic rings. The van der Waals surface area contributed by atoms with E-state index < -0.39 is 0 Å². The van der Waals surface area contributed by atoms with Crippen LogP contribution in [0.25, 0.3) is 0 Å². The lowest BCUT2D eigenvalue weighted by atomic mass is 9.79. The van der Waals surface area contributed by atoms with Crippen molar-refractivity contribution in [3.63, 3.8) is 0 Å². The Morgan fingerprint density at radius 2 is 2.04 bits per heavy atom. The number of piperidine rings is 1. The molecule has 0 saturated carbocycles. The van der Waals surface area contributed by atoms with Gasteiger partial charge in [0.15, 0.2) is 0 Å². The third-order valence-electron chi connectivity index (χ3n) is 5.60. The fraction of sp³-hybridized carbons (Fsp3) is 0.381. The largest absolute Gasteiger partial charge is 0.356 e. The Labute approximate surface area is 153 Å². The monoisotopic (exact) mass is 346 g/mol. The fourth-order valence-electron chi connectivity index (χ4n) is 4.29. The predicted octanol–water partition coefficient (Wildman–Crippen LogP) is 3.09. The molecule has 1 aromatic carbocycles. The highest BCUT2D eigenvalue weighted by atomic mass is 16.2. The third kappa shape index (κ3) is 3.15. The second-order valence-electron chi connectivity index (χ2n) is 7.38. The van der Waals surface area contributed by atoms with Crippen LogP contribution in [0.2, 0.25) is 0 Å². The first-order valence-corrected chi connectivity index (χ1v) is 9.15. The molecule has 0 N–H and O–H groups in total. The number of amides is 1. The van der Waals surface area contributed by atoms with Gasteiger partial charge in [0, 0.05) is 43.4 Å². The minimum Gasteiger partial charge on any atom is -0.356 e. The number of nitriles is 1. The van der Waals surface area contributed by atoms with Crippen LogP contribution in [-0.4, -0.2) is 42.0 Å². The molecule has 2 aliphatic rings. The minimum absolute atomic E-state index is 0.0361. The van der Waals surface area contributed by atoms with Crippen molar-refractivity contribution in [3.8, 4) is 6.07 Å². The molecule has 132 valence electrons. The SMILES string of the molecule is N#Cc1cccc(C(=O)N2CCC3(CCCN(c4ccccn4)C3)C2)c1. The summed E-state index contributed by atoms with van der Waals surface area (Å²) in [6.45, 7) is 3.54. The molecule has 1 amide bonds. The summed E-state index contributed by atoms with van der Waals surface area (Å²) < 4.78 is 0. The van der Waals surface area contributed by atoms with E-state index in [0.717, 1.165) is 51.3 Å². The van der Waals surface area contributed by atoms with Gasteiger partial charge in [-0.25, -0.2) is 4.98 Å². The van der Waals surface area contributed by atoms with E-state index in [1.54, 1.807) is 24.3 Å². The van der Waals surface area contributed by atoms with E-state index in [0.29, 0.717) is 11.1 Å². The second kappa shape index (κ2) is 6.80. The number of pyridine rings is 1. The van der Waals surface area contributed by atoms with Crippen LogP contribution >= 0.6 is 0 Å². The van der Waals surface area contributed by atoms with Crippen molar-refractivity contribution in [3.05, 3.63) is 59.8 Å². The maximum atomic E-state index is 12.9. The molecule has 1 atom stereocenters. The summed E-state index contributed by atoms with van der Waals surface area (Å²) in [5.41, 5.74) is 1.29. The van der Waals surface area contributed by atoms with Crippen LogP contribution in [0, 0.1) is 16.7 Å². The van der Waals surface area contributed by atoms with Gasteiger partial charge in [0.1, 0.15) is 5.82 Å². The molecule has 2 fully saturated rings. The predicted molar refractivity (Wildman–Crippen MR) is 99.8 cm³/mol. The van der Waals surface area contributed by atoms with Gasteiger partial charge in [-0.2, -0.15) is 5.26 Å². The lowest BCUT2D eigenvalue weighted by Gasteiger charge is -2.41. The van der Waals surface area contributed by atoms with Crippen molar-refractivity contribution in [1.29, 1.82) is 5.26 Å². The van der Waals surface area contributed by atoms with E-state index >= 15 is 0 Å². The number of hydrogen-bond donors (Lipinski definition) is 0. The van der Waals surface area contributed by atoms with Gasteiger partial charge < -0.3 is 9.80 Å². The lowest BCUT2D eigenvalue weighted by molar-refractivity contribution is 0.0767. The average Bonchev–Trinajstić information content (AvgIpc) is 3.11. The van der Waals surface area contributed by atoms with Gasteiger partial charge in [-0.1, -0.05) is 12.1 Å². The van der Waals surface area contributed by atoms with Crippen LogP contribution in [0.1, 0.15) is 35.2 Å². The van der Waals surface area contributed by atoms with Crippen LogP contribution in [0.5, 0.6) is 0 Å². The standard InChI is InChI=1S/C21H22N4O/c22-14-17-5-3-6-18(13-17)20(26)25-12-9-21(16-25)8-4-11-24(15-21)19-7-1-2-10-23-19/h1-3,5-7,10,13H,4,8-9,11-12,15-16H2. The maximum absolute atomic E-state index is 12.9.